The molecule has 0 bridgehead atoms. The third-order valence-corrected chi connectivity index (χ3v) is 4.71. The van der Waals surface area contributed by atoms with E-state index in [4.69, 9.17) is 0 Å². The van der Waals surface area contributed by atoms with Gasteiger partial charge in [-0.05, 0) is 37.3 Å². The maximum absolute atomic E-state index is 13.1. The Morgan fingerprint density at radius 2 is 1.89 bits per heavy atom. The van der Waals surface area contributed by atoms with E-state index in [1.165, 1.54) is 0 Å². The molecule has 0 unspecified atom stereocenters. The van der Waals surface area contributed by atoms with Crippen molar-refractivity contribution in [2.24, 2.45) is 0 Å². The summed E-state index contributed by atoms with van der Waals surface area (Å²) in [4.78, 5) is 26.9. The Balaban J connectivity index is 1.57. The lowest BCUT2D eigenvalue weighted by atomic mass is 10.1. The number of para-hydroxylation sites is 4. The molecule has 7 heteroatoms. The van der Waals surface area contributed by atoms with Crippen LogP contribution in [0.3, 0.4) is 0 Å². The van der Waals surface area contributed by atoms with Crippen LogP contribution in [0.1, 0.15) is 13.3 Å². The molecule has 0 spiro atoms. The fourth-order valence-electron chi connectivity index (χ4n) is 3.46. The number of benzene rings is 2. The summed E-state index contributed by atoms with van der Waals surface area (Å²) in [5.41, 5.74) is 3.04. The highest BCUT2D eigenvalue weighted by Crippen LogP contribution is 2.31. The molecule has 1 aliphatic rings. The molecule has 7 nitrogen and oxygen atoms in total. The molecule has 1 aliphatic heterocycles. The SMILES string of the molecule is C[C@H]1CC(=O)Nc2ccccc2N1C(=O)CNc1ccccc1-n1cccn1. The average Bonchev–Trinajstić information content (AvgIpc) is 3.18. The summed E-state index contributed by atoms with van der Waals surface area (Å²) in [5.74, 6) is -0.195. The second-order valence-electron chi connectivity index (χ2n) is 6.70. The zero-order valence-electron chi connectivity index (χ0n) is 15.5. The maximum Gasteiger partial charge on any atom is 0.246 e. The molecule has 2 aromatic carbocycles. The smallest absolute Gasteiger partial charge is 0.246 e. The lowest BCUT2D eigenvalue weighted by Crippen LogP contribution is -2.42. The predicted octanol–water partition coefficient (Wildman–Crippen LogP) is 3.05. The van der Waals surface area contributed by atoms with Gasteiger partial charge in [0.1, 0.15) is 0 Å². The van der Waals surface area contributed by atoms with Gasteiger partial charge in [0.2, 0.25) is 11.8 Å². The minimum absolute atomic E-state index is 0.0905. The van der Waals surface area contributed by atoms with Crippen LogP contribution in [0.25, 0.3) is 5.69 Å². The molecule has 4 rings (SSSR count). The van der Waals surface area contributed by atoms with E-state index < -0.39 is 0 Å². The van der Waals surface area contributed by atoms with Crippen LogP contribution in [0.5, 0.6) is 0 Å². The van der Waals surface area contributed by atoms with Crippen LogP contribution in [0, 0.1) is 0 Å². The summed E-state index contributed by atoms with van der Waals surface area (Å²) in [6, 6.07) is 16.7. The molecule has 1 atom stereocenters. The second-order valence-corrected chi connectivity index (χ2v) is 6.70. The first-order valence-corrected chi connectivity index (χ1v) is 9.17. The number of nitrogens with zero attached hydrogens (tertiary/aromatic N) is 3. The normalized spacial score (nSPS) is 16.1. The van der Waals surface area contributed by atoms with Gasteiger partial charge in [-0.2, -0.15) is 5.10 Å². The van der Waals surface area contributed by atoms with Gasteiger partial charge in [0.25, 0.3) is 0 Å². The molecule has 2 heterocycles. The standard InChI is InChI=1S/C21H21N5O2/c1-15-13-20(27)24-17-8-3-5-10-19(17)26(15)21(28)14-22-16-7-2-4-9-18(16)25-12-6-11-23-25/h2-12,15,22H,13-14H2,1H3,(H,24,27)/t15-/m0/s1. The highest BCUT2D eigenvalue weighted by Gasteiger charge is 2.29. The molecule has 1 aromatic heterocycles. The van der Waals surface area contributed by atoms with E-state index in [0.29, 0.717) is 11.4 Å². The number of amides is 2. The Labute approximate surface area is 163 Å². The van der Waals surface area contributed by atoms with E-state index in [1.54, 1.807) is 15.8 Å². The van der Waals surface area contributed by atoms with Gasteiger partial charge in [-0.1, -0.05) is 24.3 Å². The zero-order valence-corrected chi connectivity index (χ0v) is 15.5. The van der Waals surface area contributed by atoms with Gasteiger partial charge >= 0.3 is 0 Å². The molecule has 0 saturated carbocycles. The number of hydrogen-bond donors (Lipinski definition) is 2. The number of rotatable bonds is 4. The van der Waals surface area contributed by atoms with Crippen molar-refractivity contribution < 1.29 is 9.59 Å². The van der Waals surface area contributed by atoms with Crippen LogP contribution < -0.4 is 15.5 Å². The van der Waals surface area contributed by atoms with Crippen LogP contribution in [-0.2, 0) is 9.59 Å². The van der Waals surface area contributed by atoms with Crippen molar-refractivity contribution in [1.82, 2.24) is 9.78 Å². The fraction of sp³-hybridized carbons (Fsp3) is 0.190. The van der Waals surface area contributed by atoms with Crippen LogP contribution >= 0.6 is 0 Å². The summed E-state index contributed by atoms with van der Waals surface area (Å²) >= 11 is 0. The number of carbonyl (C=O) groups excluding carboxylic acids is 2. The third kappa shape index (κ3) is 3.46. The van der Waals surface area contributed by atoms with Crippen molar-refractivity contribution in [3.8, 4) is 5.69 Å². The first-order chi connectivity index (χ1) is 13.6. The first-order valence-electron chi connectivity index (χ1n) is 9.17. The maximum atomic E-state index is 13.1. The van der Waals surface area contributed by atoms with Gasteiger partial charge in [-0.25, -0.2) is 4.68 Å². The Bertz CT molecular complexity index is 1000. The molecule has 142 valence electrons. The van der Waals surface area contributed by atoms with Crippen molar-refractivity contribution >= 4 is 28.9 Å². The second kappa shape index (κ2) is 7.56. The van der Waals surface area contributed by atoms with Gasteiger partial charge < -0.3 is 15.5 Å². The summed E-state index contributed by atoms with van der Waals surface area (Å²) in [7, 11) is 0. The monoisotopic (exact) mass is 375 g/mol. The van der Waals surface area contributed by atoms with E-state index in [2.05, 4.69) is 15.7 Å². The quantitative estimate of drug-likeness (QED) is 0.735. The predicted molar refractivity (Wildman–Crippen MR) is 109 cm³/mol. The topological polar surface area (TPSA) is 79.3 Å². The van der Waals surface area contributed by atoms with E-state index in [0.717, 1.165) is 11.4 Å². The minimum Gasteiger partial charge on any atom is -0.374 e. The van der Waals surface area contributed by atoms with Gasteiger partial charge in [0.05, 0.1) is 29.3 Å². The molecule has 28 heavy (non-hydrogen) atoms. The Kier molecular flexibility index (Phi) is 4.80. The van der Waals surface area contributed by atoms with Crippen molar-refractivity contribution in [3.63, 3.8) is 0 Å². The van der Waals surface area contributed by atoms with E-state index in [-0.39, 0.29) is 30.8 Å². The molecule has 2 amide bonds. The molecule has 3 aromatic rings. The highest BCUT2D eigenvalue weighted by molar-refractivity contribution is 6.05. The molecule has 0 aliphatic carbocycles. The number of aromatic nitrogens is 2. The van der Waals surface area contributed by atoms with Gasteiger partial charge in [0, 0.05) is 24.9 Å². The molecular formula is C21H21N5O2. The Morgan fingerprint density at radius 1 is 1.14 bits per heavy atom. The van der Waals surface area contributed by atoms with Crippen LogP contribution in [0.2, 0.25) is 0 Å². The summed E-state index contributed by atoms with van der Waals surface area (Å²) in [6.07, 6.45) is 3.82. The molecule has 0 fully saturated rings. The van der Waals surface area contributed by atoms with E-state index >= 15 is 0 Å². The number of nitrogens with one attached hydrogen (secondary N) is 2. The summed E-state index contributed by atoms with van der Waals surface area (Å²) < 4.78 is 1.75. The molecule has 0 radical (unpaired) electrons. The number of fused-ring (bicyclic) bond motifs is 1. The van der Waals surface area contributed by atoms with Crippen LogP contribution in [-0.4, -0.2) is 34.2 Å². The molecule has 0 saturated heterocycles. The number of carbonyl (C=O) groups is 2. The van der Waals surface area contributed by atoms with Gasteiger partial charge in [0.15, 0.2) is 0 Å². The Morgan fingerprint density at radius 3 is 2.68 bits per heavy atom. The van der Waals surface area contributed by atoms with Crippen molar-refractivity contribution in [1.29, 1.82) is 0 Å². The van der Waals surface area contributed by atoms with Gasteiger partial charge in [-0.3, -0.25) is 9.59 Å². The van der Waals surface area contributed by atoms with Crippen molar-refractivity contribution in [2.45, 2.75) is 19.4 Å². The lowest BCUT2D eigenvalue weighted by Gasteiger charge is -2.28. The van der Waals surface area contributed by atoms with E-state index in [9.17, 15) is 9.59 Å². The largest absolute Gasteiger partial charge is 0.374 e. The van der Waals surface area contributed by atoms with Gasteiger partial charge in [-0.15, -0.1) is 0 Å². The highest BCUT2D eigenvalue weighted by atomic mass is 16.2. The average molecular weight is 375 g/mol. The third-order valence-electron chi connectivity index (χ3n) is 4.71. The zero-order chi connectivity index (χ0) is 19.5. The number of hydrogen-bond acceptors (Lipinski definition) is 4. The Hall–Kier alpha value is -3.61. The minimum atomic E-state index is -0.237. The van der Waals surface area contributed by atoms with E-state index in [1.807, 2.05) is 67.7 Å². The lowest BCUT2D eigenvalue weighted by molar-refractivity contribution is -0.118. The first kappa shape index (κ1) is 17.8. The molecule has 2 N–H and O–H groups in total. The van der Waals surface area contributed by atoms with Crippen LogP contribution in [0.4, 0.5) is 17.1 Å². The fourth-order valence-corrected chi connectivity index (χ4v) is 3.46. The van der Waals surface area contributed by atoms with Crippen molar-refractivity contribution in [3.05, 3.63) is 67.0 Å². The molecular weight excluding hydrogens is 354 g/mol. The van der Waals surface area contributed by atoms with Crippen molar-refractivity contribution in [2.75, 3.05) is 22.1 Å². The summed E-state index contributed by atoms with van der Waals surface area (Å²) in [5, 5.41) is 10.4. The van der Waals surface area contributed by atoms with Crippen LogP contribution in [0.15, 0.2) is 67.0 Å². The number of anilines is 3. The summed E-state index contributed by atoms with van der Waals surface area (Å²) in [6.45, 7) is 1.99.